The van der Waals surface area contributed by atoms with Gasteiger partial charge < -0.3 is 10.5 Å². The van der Waals surface area contributed by atoms with Crippen LogP contribution in [0.2, 0.25) is 0 Å². The second kappa shape index (κ2) is 4.41. The molecule has 0 fully saturated rings. The van der Waals surface area contributed by atoms with Crippen molar-refractivity contribution in [2.24, 2.45) is 0 Å². The summed E-state index contributed by atoms with van der Waals surface area (Å²) in [6, 6.07) is 1.85. The Labute approximate surface area is 86.4 Å². The Morgan fingerprint density at radius 2 is 2.40 bits per heavy atom. The highest BCUT2D eigenvalue weighted by molar-refractivity contribution is 5.91. The van der Waals surface area contributed by atoms with Gasteiger partial charge in [0.25, 0.3) is 0 Å². The topological polar surface area (TPSA) is 107 Å². The van der Waals surface area contributed by atoms with Gasteiger partial charge in [-0.25, -0.2) is 9.48 Å². The first-order valence-corrected chi connectivity index (χ1v) is 4.33. The molecule has 0 aromatic carbocycles. The molecule has 0 spiro atoms. The summed E-state index contributed by atoms with van der Waals surface area (Å²) in [6.45, 7) is 3.38. The van der Waals surface area contributed by atoms with Crippen LogP contribution in [-0.4, -0.2) is 27.1 Å². The molecule has 0 aliphatic heterocycles. The molecule has 0 saturated carbocycles. The van der Waals surface area contributed by atoms with Gasteiger partial charge in [0, 0.05) is 0 Å². The van der Waals surface area contributed by atoms with E-state index in [-0.39, 0.29) is 24.2 Å². The van der Waals surface area contributed by atoms with Crippen LogP contribution in [-0.2, 0) is 11.3 Å². The Hall–Kier alpha value is -2.10. The maximum Gasteiger partial charge on any atom is 0.363 e. The van der Waals surface area contributed by atoms with E-state index < -0.39 is 5.97 Å². The molecule has 1 heterocycles. The van der Waals surface area contributed by atoms with Crippen LogP contribution in [0.25, 0.3) is 0 Å². The summed E-state index contributed by atoms with van der Waals surface area (Å²) < 4.78 is 6.03. The molecule has 0 amide bonds. The first-order chi connectivity index (χ1) is 7.06. The molecule has 0 aliphatic carbocycles. The molecule has 1 rings (SSSR count). The predicted octanol–water partition coefficient (Wildman–Crippen LogP) is -0.0509. The van der Waals surface area contributed by atoms with Gasteiger partial charge in [0.1, 0.15) is 6.54 Å². The summed E-state index contributed by atoms with van der Waals surface area (Å²) in [7, 11) is 0. The average molecular weight is 209 g/mol. The Bertz CT molecular complexity index is 404. The number of aromatic nitrogens is 3. The molecule has 0 aliphatic rings. The fourth-order valence-electron chi connectivity index (χ4n) is 0.919. The minimum Gasteiger partial charge on any atom is -0.458 e. The van der Waals surface area contributed by atoms with Gasteiger partial charge in [-0.2, -0.15) is 5.26 Å². The summed E-state index contributed by atoms with van der Waals surface area (Å²) >= 11 is 0. The second-order valence-electron chi connectivity index (χ2n) is 3.09. The standard InChI is InChI=1S/C8H11N5O2/c1-5(2)15-8(14)6-7(10)13(4-3-9)12-11-6/h5H,4,10H2,1-2H3. The highest BCUT2D eigenvalue weighted by Crippen LogP contribution is 2.09. The third-order valence-corrected chi connectivity index (χ3v) is 1.53. The lowest BCUT2D eigenvalue weighted by Crippen LogP contribution is -2.14. The van der Waals surface area contributed by atoms with Crippen molar-refractivity contribution in [3.05, 3.63) is 5.69 Å². The van der Waals surface area contributed by atoms with E-state index in [0.717, 1.165) is 4.68 Å². The zero-order valence-electron chi connectivity index (χ0n) is 8.47. The van der Waals surface area contributed by atoms with Crippen LogP contribution in [0.3, 0.4) is 0 Å². The number of carbonyl (C=O) groups excluding carboxylic acids is 1. The molecule has 0 radical (unpaired) electrons. The maximum atomic E-state index is 11.4. The molecule has 80 valence electrons. The minimum absolute atomic E-state index is 0.0437. The number of esters is 1. The number of nitrogen functional groups attached to an aromatic ring is 1. The summed E-state index contributed by atoms with van der Waals surface area (Å²) in [5, 5.41) is 15.5. The zero-order valence-corrected chi connectivity index (χ0v) is 8.47. The first kappa shape index (κ1) is 11.0. The van der Waals surface area contributed by atoms with Gasteiger partial charge in [0.15, 0.2) is 5.82 Å². The Morgan fingerprint density at radius 3 is 2.93 bits per heavy atom. The van der Waals surface area contributed by atoms with Crippen molar-refractivity contribution < 1.29 is 9.53 Å². The largest absolute Gasteiger partial charge is 0.458 e. The van der Waals surface area contributed by atoms with Gasteiger partial charge in [-0.05, 0) is 13.8 Å². The second-order valence-corrected chi connectivity index (χ2v) is 3.09. The maximum absolute atomic E-state index is 11.4. The van der Waals surface area contributed by atoms with Crippen LogP contribution in [0.4, 0.5) is 5.82 Å². The van der Waals surface area contributed by atoms with Crippen LogP contribution in [0.5, 0.6) is 0 Å². The van der Waals surface area contributed by atoms with Crippen molar-refractivity contribution >= 4 is 11.8 Å². The molecule has 0 atom stereocenters. The van der Waals surface area contributed by atoms with Crippen molar-refractivity contribution in [1.29, 1.82) is 5.26 Å². The normalized spacial score (nSPS) is 10.0. The quantitative estimate of drug-likeness (QED) is 0.699. The lowest BCUT2D eigenvalue weighted by Gasteiger charge is -2.05. The first-order valence-electron chi connectivity index (χ1n) is 4.33. The Morgan fingerprint density at radius 1 is 1.73 bits per heavy atom. The molecule has 7 heteroatoms. The van der Waals surface area contributed by atoms with Crippen LogP contribution in [0, 0.1) is 11.3 Å². The molecule has 1 aromatic heterocycles. The summed E-state index contributed by atoms with van der Waals surface area (Å²) in [4.78, 5) is 11.4. The molecule has 1 aromatic rings. The molecule has 2 N–H and O–H groups in total. The zero-order chi connectivity index (χ0) is 11.4. The number of carbonyl (C=O) groups is 1. The minimum atomic E-state index is -0.633. The average Bonchev–Trinajstić information content (AvgIpc) is 2.48. The van der Waals surface area contributed by atoms with Crippen LogP contribution >= 0.6 is 0 Å². The number of anilines is 1. The Kier molecular flexibility index (Phi) is 3.23. The summed E-state index contributed by atoms with van der Waals surface area (Å²) in [6.07, 6.45) is -0.252. The van der Waals surface area contributed by atoms with E-state index in [0.29, 0.717) is 0 Å². The van der Waals surface area contributed by atoms with Crippen LogP contribution in [0.15, 0.2) is 0 Å². The number of hydrogen-bond acceptors (Lipinski definition) is 6. The van der Waals surface area contributed by atoms with Crippen molar-refractivity contribution in [1.82, 2.24) is 15.0 Å². The van der Waals surface area contributed by atoms with Gasteiger partial charge in [-0.15, -0.1) is 5.10 Å². The van der Waals surface area contributed by atoms with E-state index >= 15 is 0 Å². The summed E-state index contributed by atoms with van der Waals surface area (Å²) in [5.41, 5.74) is 5.50. The molecular formula is C8H11N5O2. The fourth-order valence-corrected chi connectivity index (χ4v) is 0.919. The highest BCUT2D eigenvalue weighted by Gasteiger charge is 2.19. The molecule has 15 heavy (non-hydrogen) atoms. The number of nitriles is 1. The van der Waals surface area contributed by atoms with Crippen molar-refractivity contribution in [3.8, 4) is 6.07 Å². The molecule has 0 saturated heterocycles. The number of nitrogens with zero attached hydrogens (tertiary/aromatic N) is 4. The molecular weight excluding hydrogens is 198 g/mol. The smallest absolute Gasteiger partial charge is 0.363 e. The molecule has 7 nitrogen and oxygen atoms in total. The van der Waals surface area contributed by atoms with Crippen molar-refractivity contribution in [2.75, 3.05) is 5.73 Å². The lowest BCUT2D eigenvalue weighted by molar-refractivity contribution is 0.0372. The van der Waals surface area contributed by atoms with E-state index in [9.17, 15) is 4.79 Å². The SMILES string of the molecule is CC(C)OC(=O)c1nnn(CC#N)c1N. The number of hydrogen-bond donors (Lipinski definition) is 1. The monoisotopic (exact) mass is 209 g/mol. The third-order valence-electron chi connectivity index (χ3n) is 1.53. The Balaban J connectivity index is 2.87. The predicted molar refractivity (Wildman–Crippen MR) is 50.6 cm³/mol. The van der Waals surface area contributed by atoms with Crippen molar-refractivity contribution in [3.63, 3.8) is 0 Å². The van der Waals surface area contributed by atoms with E-state index in [1.165, 1.54) is 0 Å². The number of nitrogens with two attached hydrogens (primary N) is 1. The van der Waals surface area contributed by atoms with E-state index in [1.54, 1.807) is 13.8 Å². The lowest BCUT2D eigenvalue weighted by atomic mass is 10.4. The number of ether oxygens (including phenoxy) is 1. The van der Waals surface area contributed by atoms with Gasteiger partial charge in [-0.3, -0.25) is 0 Å². The van der Waals surface area contributed by atoms with Gasteiger partial charge >= 0.3 is 5.97 Å². The van der Waals surface area contributed by atoms with E-state index in [2.05, 4.69) is 10.3 Å². The van der Waals surface area contributed by atoms with Crippen LogP contribution < -0.4 is 5.73 Å². The third kappa shape index (κ3) is 2.43. The highest BCUT2D eigenvalue weighted by atomic mass is 16.5. The van der Waals surface area contributed by atoms with Gasteiger partial charge in [0.2, 0.25) is 5.69 Å². The van der Waals surface area contributed by atoms with Crippen molar-refractivity contribution in [2.45, 2.75) is 26.5 Å². The fraction of sp³-hybridized carbons (Fsp3) is 0.500. The van der Waals surface area contributed by atoms with Crippen LogP contribution in [0.1, 0.15) is 24.3 Å². The number of rotatable bonds is 3. The molecule has 0 bridgehead atoms. The van der Waals surface area contributed by atoms with Gasteiger partial charge in [0.05, 0.1) is 12.2 Å². The van der Waals surface area contributed by atoms with Gasteiger partial charge in [-0.1, -0.05) is 5.21 Å². The molecule has 0 unspecified atom stereocenters. The van der Waals surface area contributed by atoms with E-state index in [1.807, 2.05) is 6.07 Å². The summed E-state index contributed by atoms with van der Waals surface area (Å²) in [5.74, 6) is -0.589. The van der Waals surface area contributed by atoms with E-state index in [4.69, 9.17) is 15.7 Å².